The lowest BCUT2D eigenvalue weighted by atomic mass is 10.2. The van der Waals surface area contributed by atoms with E-state index in [1.54, 1.807) is 34.8 Å². The molecule has 0 aliphatic carbocycles. The lowest BCUT2D eigenvalue weighted by molar-refractivity contribution is -0.156. The van der Waals surface area contributed by atoms with E-state index in [2.05, 4.69) is 0 Å². The second kappa shape index (κ2) is 19.0. The molecule has 0 saturated heterocycles. The summed E-state index contributed by atoms with van der Waals surface area (Å²) < 4.78 is 31.1. The minimum Gasteiger partial charge on any atom is -0.460 e. The third kappa shape index (κ3) is 17.8. The van der Waals surface area contributed by atoms with Crippen LogP contribution >= 0.6 is 0 Å². The fraction of sp³-hybridized carbons (Fsp3) is 0.826. The molecule has 0 aliphatic heterocycles. The molecule has 12 heteroatoms. The number of methoxy groups -OCH3 is 1. The molecule has 12 nitrogen and oxygen atoms in total. The number of rotatable bonds is 18. The lowest BCUT2D eigenvalue weighted by Crippen LogP contribution is -2.45. The minimum atomic E-state index is -0.807. The van der Waals surface area contributed by atoms with E-state index in [0.29, 0.717) is 33.0 Å². The van der Waals surface area contributed by atoms with E-state index in [9.17, 15) is 19.2 Å². The van der Waals surface area contributed by atoms with Crippen LogP contribution < -0.4 is 0 Å². The molecule has 0 aliphatic rings. The Morgan fingerprint density at radius 3 is 1.83 bits per heavy atom. The molecule has 0 saturated carbocycles. The number of likely N-dealkylation sites (N-methyl/N-ethyl adjacent to an activating group) is 1. The summed E-state index contributed by atoms with van der Waals surface area (Å²) in [5, 5.41) is 0. The minimum absolute atomic E-state index is 0.0929. The molecular formula is C23H42N2O10. The summed E-state index contributed by atoms with van der Waals surface area (Å²) >= 11 is 0. The average Bonchev–Trinajstić information content (AvgIpc) is 2.78. The number of hydrogen-bond donors (Lipinski definition) is 0. The second-order valence-electron chi connectivity index (χ2n) is 8.38. The monoisotopic (exact) mass is 506 g/mol. The van der Waals surface area contributed by atoms with Crippen molar-refractivity contribution >= 4 is 23.9 Å². The van der Waals surface area contributed by atoms with E-state index in [0.717, 1.165) is 4.90 Å². The maximum absolute atomic E-state index is 12.7. The second-order valence-corrected chi connectivity index (χ2v) is 8.38. The lowest BCUT2D eigenvalue weighted by Gasteiger charge is -2.25. The Balaban J connectivity index is 4.61. The quantitative estimate of drug-likeness (QED) is 0.198. The summed E-state index contributed by atoms with van der Waals surface area (Å²) in [6, 6.07) is 0. The van der Waals surface area contributed by atoms with E-state index < -0.39 is 29.5 Å². The van der Waals surface area contributed by atoms with Crippen molar-refractivity contribution in [3.05, 3.63) is 0 Å². The molecule has 0 unspecified atom stereocenters. The van der Waals surface area contributed by atoms with Crippen LogP contribution in [0.25, 0.3) is 0 Å². The van der Waals surface area contributed by atoms with Gasteiger partial charge >= 0.3 is 12.1 Å². The third-order valence-electron chi connectivity index (χ3n) is 4.24. The van der Waals surface area contributed by atoms with Crippen LogP contribution in [-0.2, 0) is 42.8 Å². The summed E-state index contributed by atoms with van der Waals surface area (Å²) in [4.78, 5) is 51.0. The highest BCUT2D eigenvalue weighted by atomic mass is 16.6. The fourth-order valence-electron chi connectivity index (χ4n) is 2.50. The Hall–Kier alpha value is -2.28. The van der Waals surface area contributed by atoms with Crippen molar-refractivity contribution in [2.75, 3.05) is 80.1 Å². The van der Waals surface area contributed by atoms with Crippen LogP contribution in [0, 0.1) is 0 Å². The standard InChI is InChI=1S/C23H42N2O10/c1-7-34-22(29)24(5)20(27)18-25(19(26)8-9-21(28)35-23(2,3)4)10-11-31-14-15-33-17-16-32-13-12-30-6/h7-18H2,1-6H3. The zero-order valence-corrected chi connectivity index (χ0v) is 22.0. The first-order valence-electron chi connectivity index (χ1n) is 11.7. The Morgan fingerprint density at radius 2 is 1.31 bits per heavy atom. The number of esters is 1. The summed E-state index contributed by atoms with van der Waals surface area (Å²) in [5.41, 5.74) is -0.663. The normalized spacial score (nSPS) is 11.1. The van der Waals surface area contributed by atoms with Crippen LogP contribution in [0.2, 0.25) is 0 Å². The van der Waals surface area contributed by atoms with Gasteiger partial charge in [0.2, 0.25) is 5.91 Å². The van der Waals surface area contributed by atoms with Gasteiger partial charge < -0.3 is 33.3 Å². The van der Waals surface area contributed by atoms with Crippen LogP contribution in [0.3, 0.4) is 0 Å². The number of nitrogens with zero attached hydrogens (tertiary/aromatic N) is 2. The summed E-state index contributed by atoms with van der Waals surface area (Å²) in [6.45, 7) is 9.32. The third-order valence-corrected chi connectivity index (χ3v) is 4.24. The van der Waals surface area contributed by atoms with Gasteiger partial charge in [0.1, 0.15) is 12.1 Å². The predicted molar refractivity (Wildman–Crippen MR) is 126 cm³/mol. The topological polar surface area (TPSA) is 130 Å². The van der Waals surface area contributed by atoms with Crippen LogP contribution in [0.5, 0.6) is 0 Å². The smallest absolute Gasteiger partial charge is 0.416 e. The van der Waals surface area contributed by atoms with Crippen LogP contribution in [0.1, 0.15) is 40.5 Å². The van der Waals surface area contributed by atoms with Crippen LogP contribution in [0.4, 0.5) is 4.79 Å². The van der Waals surface area contributed by atoms with Gasteiger partial charge in [0.25, 0.3) is 5.91 Å². The molecule has 0 heterocycles. The van der Waals surface area contributed by atoms with Crippen LogP contribution in [0.15, 0.2) is 0 Å². The van der Waals surface area contributed by atoms with E-state index >= 15 is 0 Å². The SMILES string of the molecule is CCOC(=O)N(C)C(=O)CN(CCOCCOCCOCCOC)C(=O)CCC(=O)OC(C)(C)C. The van der Waals surface area contributed by atoms with Gasteiger partial charge in [-0.05, 0) is 27.7 Å². The molecule has 0 rings (SSSR count). The maximum Gasteiger partial charge on any atom is 0.416 e. The van der Waals surface area contributed by atoms with Gasteiger partial charge in [-0.25, -0.2) is 9.69 Å². The van der Waals surface area contributed by atoms with Gasteiger partial charge in [-0.1, -0.05) is 0 Å². The van der Waals surface area contributed by atoms with Crippen molar-refractivity contribution in [1.29, 1.82) is 0 Å². The number of imide groups is 1. The van der Waals surface area contributed by atoms with Gasteiger partial charge in [0.15, 0.2) is 0 Å². The molecule has 0 aromatic rings. The van der Waals surface area contributed by atoms with Gasteiger partial charge in [0.05, 0.1) is 59.3 Å². The first-order valence-corrected chi connectivity index (χ1v) is 11.7. The van der Waals surface area contributed by atoms with Crippen molar-refractivity contribution in [3.63, 3.8) is 0 Å². The van der Waals surface area contributed by atoms with Crippen molar-refractivity contribution < 1.29 is 47.6 Å². The molecule has 0 atom stereocenters. The van der Waals surface area contributed by atoms with Crippen molar-refractivity contribution in [2.24, 2.45) is 0 Å². The molecule has 204 valence electrons. The number of ether oxygens (including phenoxy) is 6. The Kier molecular flexibility index (Phi) is 17.7. The fourth-order valence-corrected chi connectivity index (χ4v) is 2.50. The number of carbonyl (C=O) groups is 4. The molecule has 0 N–H and O–H groups in total. The molecule has 0 fully saturated rings. The Bertz CT molecular complexity index is 636. The van der Waals surface area contributed by atoms with Gasteiger partial charge in [-0.15, -0.1) is 0 Å². The van der Waals surface area contributed by atoms with E-state index in [1.165, 1.54) is 11.9 Å². The molecule has 35 heavy (non-hydrogen) atoms. The van der Waals surface area contributed by atoms with Crippen LogP contribution in [-0.4, -0.2) is 119 Å². The summed E-state index contributed by atoms with van der Waals surface area (Å²) in [6.07, 6.45) is -1.08. The highest BCUT2D eigenvalue weighted by Crippen LogP contribution is 2.10. The van der Waals surface area contributed by atoms with Crippen molar-refractivity contribution in [1.82, 2.24) is 9.80 Å². The first kappa shape index (κ1) is 32.7. The summed E-state index contributed by atoms with van der Waals surface area (Å²) in [7, 11) is 2.87. The summed E-state index contributed by atoms with van der Waals surface area (Å²) in [5.74, 6) is -1.57. The zero-order valence-electron chi connectivity index (χ0n) is 22.0. The molecule has 0 bridgehead atoms. The van der Waals surface area contributed by atoms with Crippen molar-refractivity contribution in [3.8, 4) is 0 Å². The molecule has 3 amide bonds. The molecule has 0 radical (unpaired) electrons. The van der Waals surface area contributed by atoms with Gasteiger partial charge in [0, 0.05) is 27.1 Å². The number of amides is 3. The predicted octanol–water partition coefficient (Wildman–Crippen LogP) is 1.25. The number of carbonyl (C=O) groups excluding carboxylic acids is 4. The molecule has 0 aromatic carbocycles. The number of hydrogen-bond acceptors (Lipinski definition) is 10. The zero-order chi connectivity index (χ0) is 26.7. The van der Waals surface area contributed by atoms with E-state index in [1.807, 2.05) is 0 Å². The highest BCUT2D eigenvalue weighted by Gasteiger charge is 2.24. The highest BCUT2D eigenvalue weighted by molar-refractivity contribution is 5.94. The van der Waals surface area contributed by atoms with Gasteiger partial charge in [-0.3, -0.25) is 14.4 Å². The van der Waals surface area contributed by atoms with Crippen molar-refractivity contribution in [2.45, 2.75) is 46.1 Å². The van der Waals surface area contributed by atoms with E-state index in [4.69, 9.17) is 28.4 Å². The first-order chi connectivity index (χ1) is 16.5. The average molecular weight is 507 g/mol. The van der Waals surface area contributed by atoms with Gasteiger partial charge in [-0.2, -0.15) is 0 Å². The molecule has 0 aromatic heterocycles. The van der Waals surface area contributed by atoms with E-state index in [-0.39, 0.29) is 45.8 Å². The Labute approximate surface area is 208 Å². The Morgan fingerprint density at radius 1 is 0.771 bits per heavy atom. The molecule has 0 spiro atoms. The maximum atomic E-state index is 12.7. The largest absolute Gasteiger partial charge is 0.460 e. The molecular weight excluding hydrogens is 464 g/mol.